The maximum absolute atomic E-state index is 12.8. The number of hydrogen-bond donors (Lipinski definition) is 1. The van der Waals surface area contributed by atoms with Gasteiger partial charge < -0.3 is 19.7 Å². The molecular formula is C17H23N3O4. The van der Waals surface area contributed by atoms with Crippen LogP contribution in [0.1, 0.15) is 36.0 Å². The third-order valence-electron chi connectivity index (χ3n) is 4.57. The third-order valence-corrected chi connectivity index (χ3v) is 4.57. The van der Waals surface area contributed by atoms with Gasteiger partial charge in [-0.1, -0.05) is 0 Å². The molecule has 1 aliphatic heterocycles. The number of ether oxygens (including phenoxy) is 2. The Bertz CT molecular complexity index is 603. The molecule has 2 heterocycles. The largest absolute Gasteiger partial charge is 0.481 e. The lowest BCUT2D eigenvalue weighted by Gasteiger charge is -2.36. The molecular weight excluding hydrogens is 310 g/mol. The van der Waals surface area contributed by atoms with Crippen molar-refractivity contribution in [3.05, 3.63) is 23.9 Å². The molecule has 1 atom stereocenters. The molecule has 7 nitrogen and oxygen atoms in total. The average Bonchev–Trinajstić information content (AvgIpc) is 2.58. The topological polar surface area (TPSA) is 80.8 Å². The van der Waals surface area contributed by atoms with Crippen LogP contribution in [0.4, 0.5) is 0 Å². The Morgan fingerprint density at radius 3 is 3.00 bits per heavy atom. The van der Waals surface area contributed by atoms with Gasteiger partial charge in [-0.25, -0.2) is 4.98 Å². The number of aromatic nitrogens is 1. The van der Waals surface area contributed by atoms with E-state index >= 15 is 0 Å². The van der Waals surface area contributed by atoms with Gasteiger partial charge >= 0.3 is 0 Å². The van der Waals surface area contributed by atoms with Gasteiger partial charge in [-0.2, -0.15) is 0 Å². The Labute approximate surface area is 141 Å². The Morgan fingerprint density at radius 2 is 2.29 bits per heavy atom. The molecule has 1 saturated heterocycles. The summed E-state index contributed by atoms with van der Waals surface area (Å²) in [7, 11) is 1.51. The zero-order valence-corrected chi connectivity index (χ0v) is 13.9. The van der Waals surface area contributed by atoms with E-state index < -0.39 is 0 Å². The van der Waals surface area contributed by atoms with Gasteiger partial charge in [-0.05, 0) is 25.3 Å². The highest BCUT2D eigenvalue weighted by atomic mass is 16.5. The van der Waals surface area contributed by atoms with E-state index in [1.807, 2.05) is 0 Å². The van der Waals surface area contributed by atoms with Crippen LogP contribution in [0.5, 0.6) is 5.88 Å². The molecule has 1 aliphatic carbocycles. The molecule has 24 heavy (non-hydrogen) atoms. The van der Waals surface area contributed by atoms with E-state index in [1.165, 1.54) is 13.5 Å². The summed E-state index contributed by atoms with van der Waals surface area (Å²) in [6, 6.07) is 3.33. The van der Waals surface area contributed by atoms with Crippen LogP contribution in [0, 0.1) is 0 Å². The minimum atomic E-state index is -0.245. The summed E-state index contributed by atoms with van der Waals surface area (Å²) in [4.78, 5) is 30.7. The van der Waals surface area contributed by atoms with Gasteiger partial charge in [0.25, 0.3) is 5.91 Å². The number of amides is 2. The maximum atomic E-state index is 12.8. The van der Waals surface area contributed by atoms with E-state index in [2.05, 4.69) is 10.3 Å². The van der Waals surface area contributed by atoms with Gasteiger partial charge in [0.2, 0.25) is 11.8 Å². The van der Waals surface area contributed by atoms with Crippen LogP contribution in [-0.4, -0.2) is 60.7 Å². The van der Waals surface area contributed by atoms with Crippen LogP contribution >= 0.6 is 0 Å². The van der Waals surface area contributed by atoms with Crippen molar-refractivity contribution in [2.75, 3.05) is 26.9 Å². The fourth-order valence-corrected chi connectivity index (χ4v) is 2.96. The maximum Gasteiger partial charge on any atom is 0.254 e. The normalized spacial score (nSPS) is 21.0. The highest BCUT2D eigenvalue weighted by molar-refractivity contribution is 5.95. The lowest BCUT2D eigenvalue weighted by molar-refractivity contribution is -0.124. The van der Waals surface area contributed by atoms with E-state index in [1.54, 1.807) is 23.2 Å². The van der Waals surface area contributed by atoms with Crippen molar-refractivity contribution in [3.8, 4) is 5.88 Å². The van der Waals surface area contributed by atoms with Crippen LogP contribution in [0.3, 0.4) is 0 Å². The molecule has 1 saturated carbocycles. The fourth-order valence-electron chi connectivity index (χ4n) is 2.96. The number of morpholine rings is 1. The zero-order chi connectivity index (χ0) is 16.9. The molecule has 0 bridgehead atoms. The Balaban J connectivity index is 1.66. The highest BCUT2D eigenvalue weighted by Gasteiger charge is 2.31. The molecule has 1 unspecified atom stereocenters. The van der Waals surface area contributed by atoms with Gasteiger partial charge in [0.1, 0.15) is 0 Å². The second kappa shape index (κ2) is 7.61. The Hall–Kier alpha value is -2.15. The number of nitrogens with one attached hydrogen (secondary N) is 1. The number of hydrogen-bond acceptors (Lipinski definition) is 5. The molecule has 0 aromatic carbocycles. The van der Waals surface area contributed by atoms with Crippen molar-refractivity contribution >= 4 is 11.8 Å². The summed E-state index contributed by atoms with van der Waals surface area (Å²) in [6.45, 7) is 1.34. The second-order valence-electron chi connectivity index (χ2n) is 6.21. The Kier molecular flexibility index (Phi) is 5.30. The van der Waals surface area contributed by atoms with E-state index in [0.29, 0.717) is 37.2 Å². The third kappa shape index (κ3) is 3.84. The van der Waals surface area contributed by atoms with Gasteiger partial charge in [-0.15, -0.1) is 0 Å². The first-order valence-corrected chi connectivity index (χ1v) is 8.35. The standard InChI is InChI=1S/C17H23N3O4/c1-23-16-9-12(5-6-18-16)17(22)20-7-8-24-11-14(20)10-15(21)19-13-3-2-4-13/h5-6,9,13-14H,2-4,7-8,10-11H2,1H3,(H,19,21). The molecule has 1 aromatic heterocycles. The Morgan fingerprint density at radius 1 is 1.46 bits per heavy atom. The van der Waals surface area contributed by atoms with Crippen molar-refractivity contribution < 1.29 is 19.1 Å². The fraction of sp³-hybridized carbons (Fsp3) is 0.588. The SMILES string of the molecule is COc1cc(C(=O)N2CCOCC2CC(=O)NC2CCC2)ccn1. The lowest BCUT2D eigenvalue weighted by atomic mass is 9.93. The summed E-state index contributed by atoms with van der Waals surface area (Å²) in [5, 5.41) is 3.02. The van der Waals surface area contributed by atoms with Gasteiger partial charge in [0.15, 0.2) is 0 Å². The minimum Gasteiger partial charge on any atom is -0.481 e. The first kappa shape index (κ1) is 16.7. The lowest BCUT2D eigenvalue weighted by Crippen LogP contribution is -2.51. The molecule has 130 valence electrons. The van der Waals surface area contributed by atoms with Gasteiger partial charge in [0, 0.05) is 36.8 Å². The quantitative estimate of drug-likeness (QED) is 0.869. The average molecular weight is 333 g/mol. The van der Waals surface area contributed by atoms with Crippen LogP contribution in [0.25, 0.3) is 0 Å². The molecule has 7 heteroatoms. The number of rotatable bonds is 5. The predicted molar refractivity (Wildman–Crippen MR) is 86.8 cm³/mol. The van der Waals surface area contributed by atoms with E-state index in [9.17, 15) is 9.59 Å². The molecule has 1 aromatic rings. The number of nitrogens with zero attached hydrogens (tertiary/aromatic N) is 2. The van der Waals surface area contributed by atoms with E-state index in [0.717, 1.165) is 12.8 Å². The van der Waals surface area contributed by atoms with E-state index in [4.69, 9.17) is 9.47 Å². The van der Waals surface area contributed by atoms with Crippen molar-refractivity contribution in [1.29, 1.82) is 0 Å². The van der Waals surface area contributed by atoms with Crippen molar-refractivity contribution in [1.82, 2.24) is 15.2 Å². The van der Waals surface area contributed by atoms with Crippen molar-refractivity contribution in [3.63, 3.8) is 0 Å². The van der Waals surface area contributed by atoms with E-state index in [-0.39, 0.29) is 24.3 Å². The second-order valence-corrected chi connectivity index (χ2v) is 6.21. The number of carbonyl (C=O) groups excluding carboxylic acids is 2. The van der Waals surface area contributed by atoms with Crippen LogP contribution in [0.15, 0.2) is 18.3 Å². The molecule has 2 fully saturated rings. The predicted octanol–water partition coefficient (Wildman–Crippen LogP) is 0.990. The van der Waals surface area contributed by atoms with Gasteiger partial charge in [-0.3, -0.25) is 9.59 Å². The molecule has 0 radical (unpaired) electrons. The van der Waals surface area contributed by atoms with Crippen LogP contribution in [-0.2, 0) is 9.53 Å². The zero-order valence-electron chi connectivity index (χ0n) is 13.9. The van der Waals surface area contributed by atoms with Gasteiger partial charge in [0.05, 0.1) is 26.4 Å². The minimum absolute atomic E-state index is 0.0136. The first-order valence-electron chi connectivity index (χ1n) is 8.35. The first-order chi connectivity index (χ1) is 11.7. The summed E-state index contributed by atoms with van der Waals surface area (Å²) in [6.07, 6.45) is 5.08. The molecule has 1 N–H and O–H groups in total. The molecule has 2 aliphatic rings. The van der Waals surface area contributed by atoms with Crippen LogP contribution in [0.2, 0.25) is 0 Å². The smallest absolute Gasteiger partial charge is 0.254 e. The summed E-state index contributed by atoms with van der Waals surface area (Å²) in [5.74, 6) is 0.258. The monoisotopic (exact) mass is 333 g/mol. The molecule has 2 amide bonds. The van der Waals surface area contributed by atoms with Crippen LogP contribution < -0.4 is 10.1 Å². The summed E-state index contributed by atoms with van der Waals surface area (Å²) in [5.41, 5.74) is 0.508. The number of carbonyl (C=O) groups is 2. The highest BCUT2D eigenvalue weighted by Crippen LogP contribution is 2.20. The molecule has 3 rings (SSSR count). The number of pyridine rings is 1. The number of methoxy groups -OCH3 is 1. The summed E-state index contributed by atoms with van der Waals surface area (Å²) >= 11 is 0. The van der Waals surface area contributed by atoms with Crippen molar-refractivity contribution in [2.45, 2.75) is 37.8 Å². The summed E-state index contributed by atoms with van der Waals surface area (Å²) < 4.78 is 10.6. The van der Waals surface area contributed by atoms with Crippen molar-refractivity contribution in [2.24, 2.45) is 0 Å². The molecule has 0 spiro atoms.